The zero-order valence-corrected chi connectivity index (χ0v) is 32.1. The molecule has 0 aromatic rings. The first-order valence-electron chi connectivity index (χ1n) is 20.0. The van der Waals surface area contributed by atoms with E-state index < -0.39 is 20.0 Å². The molecule has 5 N–H and O–H groups in total. The summed E-state index contributed by atoms with van der Waals surface area (Å²) in [5, 5.41) is 13.5. The number of carbonyl (C=O) groups is 1. The van der Waals surface area contributed by atoms with Crippen LogP contribution in [-0.2, 0) is 18.4 Å². The molecule has 0 radical (unpaired) electrons. The van der Waals surface area contributed by atoms with Gasteiger partial charge < -0.3 is 21.1 Å². The van der Waals surface area contributed by atoms with Gasteiger partial charge in [0.1, 0.15) is 0 Å². The molecule has 0 bridgehead atoms. The Morgan fingerprint density at radius 1 is 0.688 bits per heavy atom. The summed E-state index contributed by atoms with van der Waals surface area (Å²) in [6.07, 6.45) is 39.6. The summed E-state index contributed by atoms with van der Waals surface area (Å²) in [7, 11) is -4.34. The molecule has 0 aliphatic heterocycles. The average molecular weight is 701 g/mol. The topological polar surface area (TPSA) is 131 Å². The van der Waals surface area contributed by atoms with Gasteiger partial charge >= 0.3 is 7.82 Å². The molecule has 0 aromatic heterocycles. The molecule has 8 nitrogen and oxygen atoms in total. The first-order chi connectivity index (χ1) is 23.4. The Hall–Kier alpha value is -1.02. The normalized spacial score (nSPS) is 14.5. The van der Waals surface area contributed by atoms with Crippen molar-refractivity contribution in [3.8, 4) is 0 Å². The largest absolute Gasteiger partial charge is 0.472 e. The smallest absolute Gasteiger partial charge is 0.387 e. The number of carbonyl (C=O) groups excluding carboxylic acids is 1. The number of phosphoric acid groups is 1. The molecule has 0 saturated carbocycles. The lowest BCUT2D eigenvalue weighted by molar-refractivity contribution is -0.123. The molecule has 284 valence electrons. The quantitative estimate of drug-likeness (QED) is 0.0288. The predicted octanol–water partition coefficient (Wildman–Crippen LogP) is 10.6. The number of unbranched alkanes of at least 4 members (excludes halogenated alkanes) is 24. The number of rotatable bonds is 37. The van der Waals surface area contributed by atoms with E-state index >= 15 is 0 Å². The maximum Gasteiger partial charge on any atom is 0.472 e. The van der Waals surface area contributed by atoms with Gasteiger partial charge in [-0.05, 0) is 19.3 Å². The molecule has 1 unspecified atom stereocenters. The highest BCUT2D eigenvalue weighted by molar-refractivity contribution is 7.47. The first kappa shape index (κ1) is 47.0. The molecule has 0 heterocycles. The van der Waals surface area contributed by atoms with E-state index in [-0.39, 0.29) is 25.7 Å². The van der Waals surface area contributed by atoms with Gasteiger partial charge in [-0.1, -0.05) is 186 Å². The first-order valence-corrected chi connectivity index (χ1v) is 21.5. The Bertz CT molecular complexity index is 809. The number of aliphatic hydroxyl groups excluding tert-OH is 1. The van der Waals surface area contributed by atoms with Gasteiger partial charge in [0.05, 0.1) is 25.4 Å². The Morgan fingerprint density at radius 3 is 1.58 bits per heavy atom. The van der Waals surface area contributed by atoms with Crippen LogP contribution in [0.4, 0.5) is 0 Å². The van der Waals surface area contributed by atoms with Gasteiger partial charge in [0.2, 0.25) is 5.91 Å². The third-order valence-corrected chi connectivity index (χ3v) is 9.82. The second-order valence-corrected chi connectivity index (χ2v) is 15.0. The van der Waals surface area contributed by atoms with Gasteiger partial charge in [-0.3, -0.25) is 13.8 Å². The number of amides is 1. The fourth-order valence-corrected chi connectivity index (χ4v) is 6.54. The minimum Gasteiger partial charge on any atom is -0.387 e. The van der Waals surface area contributed by atoms with Crippen LogP contribution < -0.4 is 11.1 Å². The summed E-state index contributed by atoms with van der Waals surface area (Å²) in [4.78, 5) is 22.6. The number of nitrogens with one attached hydrogen (secondary N) is 1. The number of nitrogens with two attached hydrogens (primary N) is 1. The van der Waals surface area contributed by atoms with Crippen molar-refractivity contribution >= 4 is 13.7 Å². The maximum absolute atomic E-state index is 12.7. The van der Waals surface area contributed by atoms with E-state index in [9.17, 15) is 19.4 Å². The van der Waals surface area contributed by atoms with Crippen LogP contribution in [0.15, 0.2) is 24.3 Å². The summed E-state index contributed by atoms with van der Waals surface area (Å²) >= 11 is 0. The lowest BCUT2D eigenvalue weighted by Crippen LogP contribution is -2.45. The SMILES string of the molecule is CCCCCCCC/C=C/C=C/[C@@H](O)[C@H](COP(=O)(O)OCCN)NC(=O)CCCCCCCCCCCCCCCCCCCCC. The fraction of sp³-hybridized carbons (Fsp3) is 0.872. The van der Waals surface area contributed by atoms with Crippen molar-refractivity contribution in [3.05, 3.63) is 24.3 Å². The highest BCUT2D eigenvalue weighted by atomic mass is 31.2. The molecule has 48 heavy (non-hydrogen) atoms. The summed E-state index contributed by atoms with van der Waals surface area (Å²) in [6.45, 7) is 4.07. The van der Waals surface area contributed by atoms with E-state index in [1.54, 1.807) is 12.2 Å². The van der Waals surface area contributed by atoms with Gasteiger partial charge in [0, 0.05) is 13.0 Å². The van der Waals surface area contributed by atoms with Crippen molar-refractivity contribution in [1.29, 1.82) is 0 Å². The number of hydrogen-bond donors (Lipinski definition) is 4. The monoisotopic (exact) mass is 701 g/mol. The number of aliphatic hydroxyl groups is 1. The van der Waals surface area contributed by atoms with E-state index in [1.165, 1.54) is 135 Å². The highest BCUT2D eigenvalue weighted by Crippen LogP contribution is 2.43. The zero-order chi connectivity index (χ0) is 35.4. The van der Waals surface area contributed by atoms with Crippen LogP contribution in [0.2, 0.25) is 0 Å². The maximum atomic E-state index is 12.7. The van der Waals surface area contributed by atoms with Crippen molar-refractivity contribution < 1.29 is 28.4 Å². The molecular formula is C39H77N2O6P. The van der Waals surface area contributed by atoms with E-state index in [1.807, 2.05) is 6.08 Å². The second kappa shape index (κ2) is 35.8. The van der Waals surface area contributed by atoms with E-state index in [2.05, 4.69) is 25.2 Å². The van der Waals surface area contributed by atoms with Gasteiger partial charge in [-0.2, -0.15) is 0 Å². The molecule has 0 fully saturated rings. The van der Waals surface area contributed by atoms with Crippen molar-refractivity contribution in [3.63, 3.8) is 0 Å². The molecule has 0 spiro atoms. The van der Waals surface area contributed by atoms with Crippen molar-refractivity contribution in [1.82, 2.24) is 5.32 Å². The Kier molecular flexibility index (Phi) is 35.0. The van der Waals surface area contributed by atoms with Crippen LogP contribution >= 0.6 is 7.82 Å². The summed E-state index contributed by atoms with van der Waals surface area (Å²) in [6, 6.07) is -0.886. The van der Waals surface area contributed by atoms with Gasteiger partial charge in [-0.15, -0.1) is 0 Å². The Balaban J connectivity index is 4.18. The summed E-state index contributed by atoms with van der Waals surface area (Å²) < 4.78 is 22.0. The lowest BCUT2D eigenvalue weighted by atomic mass is 10.0. The van der Waals surface area contributed by atoms with Crippen molar-refractivity contribution in [2.45, 2.75) is 199 Å². The number of hydrogen-bond acceptors (Lipinski definition) is 6. The molecule has 0 aromatic carbocycles. The highest BCUT2D eigenvalue weighted by Gasteiger charge is 2.26. The molecule has 0 saturated heterocycles. The van der Waals surface area contributed by atoms with E-state index in [4.69, 9.17) is 14.8 Å². The number of allylic oxidation sites excluding steroid dienone is 3. The van der Waals surface area contributed by atoms with Gasteiger partial charge in [0.15, 0.2) is 0 Å². The van der Waals surface area contributed by atoms with Crippen LogP contribution in [-0.4, -0.2) is 47.8 Å². The van der Waals surface area contributed by atoms with Crippen LogP contribution in [0.5, 0.6) is 0 Å². The Labute approximate surface area is 296 Å². The average Bonchev–Trinajstić information content (AvgIpc) is 3.07. The second-order valence-electron chi connectivity index (χ2n) is 13.5. The third kappa shape index (κ3) is 33.5. The summed E-state index contributed by atoms with van der Waals surface area (Å²) in [5.41, 5.74) is 5.35. The van der Waals surface area contributed by atoms with Crippen LogP contribution in [0.3, 0.4) is 0 Å². The van der Waals surface area contributed by atoms with Crippen LogP contribution in [0.1, 0.15) is 187 Å². The van der Waals surface area contributed by atoms with Gasteiger partial charge in [-0.25, -0.2) is 4.57 Å². The van der Waals surface area contributed by atoms with E-state index in [0.717, 1.165) is 32.1 Å². The molecule has 0 aliphatic carbocycles. The predicted molar refractivity (Wildman–Crippen MR) is 203 cm³/mol. The van der Waals surface area contributed by atoms with E-state index in [0.29, 0.717) is 6.42 Å². The summed E-state index contributed by atoms with van der Waals surface area (Å²) in [5.74, 6) is -0.211. The minimum absolute atomic E-state index is 0.0734. The molecule has 3 atom stereocenters. The minimum atomic E-state index is -4.34. The van der Waals surface area contributed by atoms with Crippen molar-refractivity contribution in [2.24, 2.45) is 5.73 Å². The molecular weight excluding hydrogens is 623 g/mol. The van der Waals surface area contributed by atoms with Crippen LogP contribution in [0.25, 0.3) is 0 Å². The third-order valence-electron chi connectivity index (χ3n) is 8.84. The standard InChI is InChI=1S/C39H77N2O6P/c1-3-5-7-9-11-13-15-16-17-18-19-20-21-22-23-25-27-29-31-33-39(43)41-37(36-47-48(44,45)46-35-34-40)38(42)32-30-28-26-24-14-12-10-8-6-4-2/h26,28,30,32,37-38,42H,3-25,27,29,31,33-36,40H2,1-2H3,(H,41,43)(H,44,45)/b28-26+,32-30+/t37-,38+/m0/s1. The number of phosphoric ester groups is 1. The molecule has 0 rings (SSSR count). The zero-order valence-electron chi connectivity index (χ0n) is 31.2. The molecule has 1 amide bonds. The van der Waals surface area contributed by atoms with Crippen LogP contribution in [0, 0.1) is 0 Å². The fourth-order valence-electron chi connectivity index (χ4n) is 5.78. The lowest BCUT2D eigenvalue weighted by Gasteiger charge is -2.23. The molecule has 9 heteroatoms. The van der Waals surface area contributed by atoms with Crippen molar-refractivity contribution in [2.75, 3.05) is 19.8 Å². The molecule has 0 aliphatic rings. The Morgan fingerprint density at radius 2 is 1.12 bits per heavy atom. The van der Waals surface area contributed by atoms with Gasteiger partial charge in [0.25, 0.3) is 0 Å².